The van der Waals surface area contributed by atoms with Gasteiger partial charge in [0.25, 0.3) is 5.56 Å². The first-order valence-corrected chi connectivity index (χ1v) is 13.2. The van der Waals surface area contributed by atoms with E-state index in [0.717, 1.165) is 49.3 Å². The molecular formula is C28H35N5O5. The summed E-state index contributed by atoms with van der Waals surface area (Å²) < 4.78 is 18.9. The quantitative estimate of drug-likeness (QED) is 0.486. The summed E-state index contributed by atoms with van der Waals surface area (Å²) in [7, 11) is 0. The largest absolute Gasteiger partial charge is 0.486 e. The number of pyridine rings is 1. The molecule has 1 aromatic carbocycles. The van der Waals surface area contributed by atoms with Crippen LogP contribution in [0.2, 0.25) is 0 Å². The predicted octanol–water partition coefficient (Wildman–Crippen LogP) is 3.46. The molecule has 0 saturated carbocycles. The SMILES string of the molecule is CC(C)(C)OC(=O)N(Cc1ccc2c(c1)OCCO2)C1CCN(CCn2c(=O)cnc3cnccc32)CC1. The molecule has 10 heteroatoms. The van der Waals surface area contributed by atoms with Gasteiger partial charge in [-0.05, 0) is 57.4 Å². The van der Waals surface area contributed by atoms with Gasteiger partial charge in [-0.2, -0.15) is 0 Å². The number of likely N-dealkylation sites (tertiary alicyclic amines) is 1. The molecule has 3 aromatic rings. The Morgan fingerprint density at radius 1 is 1.08 bits per heavy atom. The number of aromatic nitrogens is 3. The second-order valence-electron chi connectivity index (χ2n) is 10.8. The van der Waals surface area contributed by atoms with Crippen LogP contribution in [0.5, 0.6) is 11.5 Å². The zero-order valence-electron chi connectivity index (χ0n) is 22.3. The first-order valence-electron chi connectivity index (χ1n) is 13.2. The molecule has 0 bridgehead atoms. The van der Waals surface area contributed by atoms with Gasteiger partial charge in [-0.1, -0.05) is 6.07 Å². The Bertz CT molecular complexity index is 1340. The number of piperidine rings is 1. The van der Waals surface area contributed by atoms with Crippen LogP contribution in [-0.2, 0) is 17.8 Å². The van der Waals surface area contributed by atoms with Gasteiger partial charge < -0.3 is 28.6 Å². The molecule has 2 aromatic heterocycles. The van der Waals surface area contributed by atoms with Crippen molar-refractivity contribution in [3.63, 3.8) is 0 Å². The smallest absolute Gasteiger partial charge is 0.410 e. The van der Waals surface area contributed by atoms with Crippen molar-refractivity contribution >= 4 is 17.1 Å². The summed E-state index contributed by atoms with van der Waals surface area (Å²) in [5, 5.41) is 0. The van der Waals surface area contributed by atoms with Gasteiger partial charge in [-0.3, -0.25) is 9.78 Å². The maximum Gasteiger partial charge on any atom is 0.410 e. The van der Waals surface area contributed by atoms with Gasteiger partial charge in [0.2, 0.25) is 0 Å². The van der Waals surface area contributed by atoms with E-state index in [9.17, 15) is 9.59 Å². The molecule has 38 heavy (non-hydrogen) atoms. The second-order valence-corrected chi connectivity index (χ2v) is 10.8. The first-order chi connectivity index (χ1) is 18.3. The Morgan fingerprint density at radius 3 is 2.61 bits per heavy atom. The highest BCUT2D eigenvalue weighted by molar-refractivity contribution is 5.72. The third-order valence-electron chi connectivity index (χ3n) is 6.87. The Morgan fingerprint density at radius 2 is 1.84 bits per heavy atom. The minimum Gasteiger partial charge on any atom is -0.486 e. The van der Waals surface area contributed by atoms with E-state index in [4.69, 9.17) is 14.2 Å². The van der Waals surface area contributed by atoms with Crippen LogP contribution in [0.4, 0.5) is 4.79 Å². The second kappa shape index (κ2) is 11.0. The molecule has 4 heterocycles. The average Bonchev–Trinajstić information content (AvgIpc) is 2.90. The molecule has 1 fully saturated rings. The van der Waals surface area contributed by atoms with E-state index in [1.807, 2.05) is 49.9 Å². The maximum absolute atomic E-state index is 13.3. The number of fused-ring (bicyclic) bond motifs is 2. The Labute approximate surface area is 222 Å². The summed E-state index contributed by atoms with van der Waals surface area (Å²) in [6.45, 7) is 10.1. The number of hydrogen-bond donors (Lipinski definition) is 0. The summed E-state index contributed by atoms with van der Waals surface area (Å²) in [5.74, 6) is 1.44. The molecule has 1 saturated heterocycles. The fourth-order valence-electron chi connectivity index (χ4n) is 4.99. The number of nitrogens with zero attached hydrogens (tertiary/aromatic N) is 5. The van der Waals surface area contributed by atoms with Crippen LogP contribution in [0.1, 0.15) is 39.2 Å². The molecule has 1 amide bonds. The number of carbonyl (C=O) groups is 1. The van der Waals surface area contributed by atoms with Crippen LogP contribution >= 0.6 is 0 Å². The zero-order chi connectivity index (χ0) is 26.7. The van der Waals surface area contributed by atoms with Gasteiger partial charge >= 0.3 is 6.09 Å². The van der Waals surface area contributed by atoms with Crippen molar-refractivity contribution in [3.8, 4) is 11.5 Å². The molecule has 0 radical (unpaired) electrons. The topological polar surface area (TPSA) is 99.0 Å². The Hall–Kier alpha value is -3.66. The van der Waals surface area contributed by atoms with Gasteiger partial charge in [0, 0.05) is 45.0 Å². The van der Waals surface area contributed by atoms with Crippen LogP contribution < -0.4 is 15.0 Å². The number of benzene rings is 1. The minimum absolute atomic E-state index is 0.0462. The summed E-state index contributed by atoms with van der Waals surface area (Å²) in [5.41, 5.74) is 1.77. The van der Waals surface area contributed by atoms with Crippen molar-refractivity contribution in [1.29, 1.82) is 0 Å². The lowest BCUT2D eigenvalue weighted by Gasteiger charge is -2.39. The number of ether oxygens (including phenoxy) is 3. The van der Waals surface area contributed by atoms with Crippen LogP contribution in [0, 0.1) is 0 Å². The van der Waals surface area contributed by atoms with Gasteiger partial charge in [-0.15, -0.1) is 0 Å². The third kappa shape index (κ3) is 6.07. The standard InChI is InChI=1S/C28H35N5O5/c1-28(2,3)38-27(35)33(19-20-4-5-24-25(16-20)37-15-14-36-24)21-7-10-31(11-8-21)12-13-32-23-6-9-29-17-22(23)30-18-26(32)34/h4-6,9,16-18,21H,7-8,10-15,19H2,1-3H3. The summed E-state index contributed by atoms with van der Waals surface area (Å²) >= 11 is 0. The van der Waals surface area contributed by atoms with E-state index in [0.29, 0.717) is 37.6 Å². The fourth-order valence-corrected chi connectivity index (χ4v) is 4.99. The molecule has 10 nitrogen and oxygen atoms in total. The summed E-state index contributed by atoms with van der Waals surface area (Å²) in [6.07, 6.45) is 6.03. The van der Waals surface area contributed by atoms with Gasteiger partial charge in [0.05, 0.1) is 17.9 Å². The molecule has 2 aliphatic heterocycles. The molecule has 0 unspecified atom stereocenters. The number of carbonyl (C=O) groups excluding carboxylic acids is 1. The van der Waals surface area contributed by atoms with E-state index in [1.165, 1.54) is 6.20 Å². The van der Waals surface area contributed by atoms with Crippen LogP contribution in [0.3, 0.4) is 0 Å². The maximum atomic E-state index is 13.3. The van der Waals surface area contributed by atoms with Crippen molar-refractivity contribution in [2.24, 2.45) is 0 Å². The molecule has 5 rings (SSSR count). The fraction of sp³-hybridized carbons (Fsp3) is 0.500. The predicted molar refractivity (Wildman–Crippen MR) is 142 cm³/mol. The zero-order valence-corrected chi connectivity index (χ0v) is 22.3. The van der Waals surface area contributed by atoms with Gasteiger partial charge in [0.1, 0.15) is 24.3 Å². The van der Waals surface area contributed by atoms with E-state index in [-0.39, 0.29) is 17.7 Å². The molecule has 202 valence electrons. The highest BCUT2D eigenvalue weighted by Crippen LogP contribution is 2.32. The molecule has 0 spiro atoms. The Kier molecular flexibility index (Phi) is 7.51. The minimum atomic E-state index is -0.584. The number of rotatable bonds is 6. The third-order valence-corrected chi connectivity index (χ3v) is 6.87. The van der Waals surface area contributed by atoms with Gasteiger partial charge in [-0.25, -0.2) is 9.78 Å². The van der Waals surface area contributed by atoms with Crippen LogP contribution in [0.15, 0.2) is 47.7 Å². The van der Waals surface area contributed by atoms with Crippen molar-refractivity contribution in [3.05, 3.63) is 58.8 Å². The molecule has 0 atom stereocenters. The van der Waals surface area contributed by atoms with Crippen molar-refractivity contribution in [2.45, 2.75) is 58.3 Å². The highest BCUT2D eigenvalue weighted by Gasteiger charge is 2.31. The van der Waals surface area contributed by atoms with E-state index >= 15 is 0 Å². The summed E-state index contributed by atoms with van der Waals surface area (Å²) in [4.78, 5) is 38.3. The van der Waals surface area contributed by atoms with E-state index in [2.05, 4.69) is 14.9 Å². The first kappa shape index (κ1) is 26.0. The van der Waals surface area contributed by atoms with Crippen LogP contribution in [0.25, 0.3) is 11.0 Å². The van der Waals surface area contributed by atoms with Crippen molar-refractivity contribution in [1.82, 2.24) is 24.3 Å². The summed E-state index contributed by atoms with van der Waals surface area (Å²) in [6, 6.07) is 7.71. The van der Waals surface area contributed by atoms with Crippen molar-refractivity contribution < 1.29 is 19.0 Å². The molecule has 0 aliphatic carbocycles. The monoisotopic (exact) mass is 521 g/mol. The van der Waals surface area contributed by atoms with Crippen LogP contribution in [-0.4, -0.2) is 74.9 Å². The van der Waals surface area contributed by atoms with E-state index < -0.39 is 5.60 Å². The normalized spacial score (nSPS) is 16.4. The lowest BCUT2D eigenvalue weighted by Crippen LogP contribution is -2.49. The molecule has 2 aliphatic rings. The number of hydrogen-bond acceptors (Lipinski definition) is 8. The van der Waals surface area contributed by atoms with Crippen molar-refractivity contribution in [2.75, 3.05) is 32.8 Å². The number of amides is 1. The Balaban J connectivity index is 1.25. The average molecular weight is 522 g/mol. The highest BCUT2D eigenvalue weighted by atomic mass is 16.6. The van der Waals surface area contributed by atoms with E-state index in [1.54, 1.807) is 17.0 Å². The lowest BCUT2D eigenvalue weighted by molar-refractivity contribution is 0.00562. The lowest BCUT2D eigenvalue weighted by atomic mass is 10.0. The van der Waals surface area contributed by atoms with Gasteiger partial charge in [0.15, 0.2) is 11.5 Å². The molecular weight excluding hydrogens is 486 g/mol. The molecule has 0 N–H and O–H groups in total.